The zero-order chi connectivity index (χ0) is 27.3. The summed E-state index contributed by atoms with van der Waals surface area (Å²) in [5.74, 6) is -3.32. The number of thiol groups is 2. The van der Waals surface area contributed by atoms with Crippen molar-refractivity contribution in [1.82, 2.24) is 26.6 Å². The number of nitrogens with two attached hydrogens (primary N) is 1. The third-order valence-corrected chi connectivity index (χ3v) is 5.35. The summed E-state index contributed by atoms with van der Waals surface area (Å²) >= 11 is 8.07. The van der Waals surface area contributed by atoms with Crippen molar-refractivity contribution in [1.29, 1.82) is 0 Å². The lowest BCUT2D eigenvalue weighted by atomic mass is 10.0. The van der Waals surface area contributed by atoms with Gasteiger partial charge in [0.05, 0.1) is 13.1 Å². The first kappa shape index (κ1) is 30.6. The van der Waals surface area contributed by atoms with E-state index >= 15 is 0 Å². The maximum atomic E-state index is 12.7. The van der Waals surface area contributed by atoms with Gasteiger partial charge in [-0.25, -0.2) is 0 Å². The molecule has 0 heterocycles. The highest BCUT2D eigenvalue weighted by Gasteiger charge is 2.26. The molecule has 0 radical (unpaired) electrons. The first-order valence-corrected chi connectivity index (χ1v) is 12.1. The first-order chi connectivity index (χ1) is 17.0. The van der Waals surface area contributed by atoms with Gasteiger partial charge in [0.25, 0.3) is 0 Å². The van der Waals surface area contributed by atoms with Crippen LogP contribution in [0.2, 0.25) is 0 Å². The second-order valence-electron chi connectivity index (χ2n) is 7.80. The molecule has 8 N–H and O–H groups in total. The smallest absolute Gasteiger partial charge is 0.244 e. The summed E-state index contributed by atoms with van der Waals surface area (Å²) in [5, 5.41) is 22.0. The van der Waals surface area contributed by atoms with Gasteiger partial charge in [0.2, 0.25) is 29.5 Å². The zero-order valence-electron chi connectivity index (χ0n) is 19.7. The number of primary amides is 1. The Kier molecular flexibility index (Phi) is 13.3. The normalized spacial score (nSPS) is 12.9. The van der Waals surface area contributed by atoms with Crippen LogP contribution in [0.1, 0.15) is 12.5 Å². The molecule has 0 saturated carbocycles. The average molecular weight is 541 g/mol. The summed E-state index contributed by atoms with van der Waals surface area (Å²) in [5.41, 5.74) is 6.30. The molecule has 198 valence electrons. The van der Waals surface area contributed by atoms with Gasteiger partial charge in [-0.1, -0.05) is 18.7 Å². The molecule has 0 fully saturated rings. The molecule has 0 aliphatic heterocycles. The van der Waals surface area contributed by atoms with Crippen molar-refractivity contribution in [3.05, 3.63) is 42.1 Å². The number of allylic oxidation sites excluding steroid dienone is 1. The fourth-order valence-electron chi connectivity index (χ4n) is 2.87. The van der Waals surface area contributed by atoms with Crippen LogP contribution in [-0.2, 0) is 30.4 Å². The van der Waals surface area contributed by atoms with Gasteiger partial charge in [-0.2, -0.15) is 25.3 Å². The number of hydrogen-bond acceptors (Lipinski definition) is 9. The number of carbonyl (C=O) groups excluding carboxylic acids is 5. The molecule has 1 aromatic carbocycles. The lowest BCUT2D eigenvalue weighted by Crippen LogP contribution is -2.56. The second-order valence-corrected chi connectivity index (χ2v) is 8.53. The Labute approximate surface area is 220 Å². The van der Waals surface area contributed by atoms with E-state index in [1.807, 2.05) is 0 Å². The number of rotatable bonds is 15. The lowest BCUT2D eigenvalue weighted by molar-refractivity contribution is -0.132. The van der Waals surface area contributed by atoms with Crippen molar-refractivity contribution in [3.8, 4) is 5.75 Å². The van der Waals surface area contributed by atoms with Gasteiger partial charge in [-0.05, 0) is 24.6 Å². The van der Waals surface area contributed by atoms with Gasteiger partial charge in [-0.15, -0.1) is 0 Å². The van der Waals surface area contributed by atoms with Crippen LogP contribution in [-0.4, -0.2) is 77.4 Å². The molecule has 1 aromatic rings. The predicted molar refractivity (Wildman–Crippen MR) is 140 cm³/mol. The van der Waals surface area contributed by atoms with Crippen LogP contribution in [0.5, 0.6) is 5.75 Å². The number of benzene rings is 1. The fourth-order valence-corrected chi connectivity index (χ4v) is 3.38. The second kappa shape index (κ2) is 15.6. The van der Waals surface area contributed by atoms with Gasteiger partial charge in [0, 0.05) is 23.6 Å². The van der Waals surface area contributed by atoms with Crippen molar-refractivity contribution >= 4 is 54.8 Å². The van der Waals surface area contributed by atoms with E-state index in [1.165, 1.54) is 12.1 Å². The molecular weight excluding hydrogens is 508 g/mol. The molecule has 0 aromatic heterocycles. The van der Waals surface area contributed by atoms with Gasteiger partial charge in [0.15, 0.2) is 0 Å². The Morgan fingerprint density at radius 2 is 1.39 bits per heavy atom. The minimum Gasteiger partial charge on any atom is -0.508 e. The van der Waals surface area contributed by atoms with E-state index in [-0.39, 0.29) is 23.7 Å². The van der Waals surface area contributed by atoms with E-state index in [0.29, 0.717) is 5.70 Å². The Hall–Kier alpha value is -3.39. The standard InChI is InChI=1S/C22H32N6O6S2/c1-12(2)26-15(7-13-3-5-14(29)6-4-13)20(32)25-9-19(31)27-17(11-36)22(34)28-16(10-35)21(33)24-8-18(23)30/h3-6,15-17,26,29,35-36H,1,7-11H2,2H3,(H2,23,30)(H,24,33)(H,25,32)(H,27,31)(H,28,34)/t15-,16-,17-/m0/s1. The van der Waals surface area contributed by atoms with Gasteiger partial charge in [0.1, 0.15) is 23.9 Å². The number of amides is 5. The van der Waals surface area contributed by atoms with Crippen LogP contribution in [0, 0.1) is 0 Å². The van der Waals surface area contributed by atoms with Crippen molar-refractivity contribution in [2.45, 2.75) is 31.5 Å². The summed E-state index contributed by atoms with van der Waals surface area (Å²) in [6.45, 7) is 4.60. The molecule has 0 aliphatic rings. The number of nitrogens with one attached hydrogen (secondary N) is 5. The average Bonchev–Trinajstić information content (AvgIpc) is 2.83. The highest BCUT2D eigenvalue weighted by Crippen LogP contribution is 2.12. The Morgan fingerprint density at radius 1 is 0.861 bits per heavy atom. The van der Waals surface area contributed by atoms with E-state index in [2.05, 4.69) is 58.4 Å². The number of phenolic OH excluding ortho intramolecular Hbond substituents is 1. The maximum Gasteiger partial charge on any atom is 0.244 e. The molecular formula is C22H32N6O6S2. The van der Waals surface area contributed by atoms with E-state index in [1.54, 1.807) is 19.1 Å². The van der Waals surface area contributed by atoms with Crippen LogP contribution in [0.4, 0.5) is 0 Å². The highest BCUT2D eigenvalue weighted by atomic mass is 32.1. The van der Waals surface area contributed by atoms with Crippen molar-refractivity contribution in [2.24, 2.45) is 5.73 Å². The van der Waals surface area contributed by atoms with Gasteiger partial charge in [-0.3, -0.25) is 24.0 Å². The van der Waals surface area contributed by atoms with Crippen molar-refractivity contribution in [2.75, 3.05) is 24.6 Å². The summed E-state index contributed by atoms with van der Waals surface area (Å²) in [6.07, 6.45) is 0.269. The molecule has 12 nitrogen and oxygen atoms in total. The minimum atomic E-state index is -1.11. The summed E-state index contributed by atoms with van der Waals surface area (Å²) in [6, 6.07) is 3.42. The third kappa shape index (κ3) is 11.4. The summed E-state index contributed by atoms with van der Waals surface area (Å²) in [7, 11) is 0. The molecule has 36 heavy (non-hydrogen) atoms. The highest BCUT2D eigenvalue weighted by molar-refractivity contribution is 7.80. The van der Waals surface area contributed by atoms with Gasteiger partial charge < -0.3 is 37.4 Å². The SMILES string of the molecule is C=C(C)N[C@@H](Cc1ccc(O)cc1)C(=O)NCC(=O)N[C@@H](CS)C(=O)N[C@@H](CS)C(=O)NCC(N)=O. The lowest BCUT2D eigenvalue weighted by Gasteiger charge is -2.22. The third-order valence-electron chi connectivity index (χ3n) is 4.62. The van der Waals surface area contributed by atoms with E-state index in [0.717, 1.165) is 5.56 Å². The van der Waals surface area contributed by atoms with Crippen molar-refractivity contribution < 1.29 is 29.1 Å². The maximum absolute atomic E-state index is 12.7. The number of aromatic hydroxyl groups is 1. The Balaban J connectivity index is 2.67. The fraction of sp³-hybridized carbons (Fsp3) is 0.409. The van der Waals surface area contributed by atoms with Crippen LogP contribution in [0.3, 0.4) is 0 Å². The number of carbonyl (C=O) groups is 5. The topological polar surface area (TPSA) is 192 Å². The largest absolute Gasteiger partial charge is 0.508 e. The van der Waals surface area contributed by atoms with E-state index in [4.69, 9.17) is 5.73 Å². The Bertz CT molecular complexity index is 959. The molecule has 0 bridgehead atoms. The quantitative estimate of drug-likeness (QED) is 0.115. The summed E-state index contributed by atoms with van der Waals surface area (Å²) in [4.78, 5) is 60.4. The molecule has 0 spiro atoms. The molecule has 0 aliphatic carbocycles. The Morgan fingerprint density at radius 3 is 1.92 bits per heavy atom. The number of hydrogen-bond donors (Lipinski definition) is 9. The first-order valence-electron chi connectivity index (χ1n) is 10.8. The van der Waals surface area contributed by atoms with Gasteiger partial charge >= 0.3 is 0 Å². The molecule has 0 saturated heterocycles. The molecule has 3 atom stereocenters. The zero-order valence-corrected chi connectivity index (χ0v) is 21.5. The van der Waals surface area contributed by atoms with E-state index in [9.17, 15) is 29.1 Å². The van der Waals surface area contributed by atoms with Crippen LogP contribution in [0.15, 0.2) is 36.5 Å². The predicted octanol–water partition coefficient (Wildman–Crippen LogP) is -2.03. The molecule has 1 rings (SSSR count). The summed E-state index contributed by atoms with van der Waals surface area (Å²) < 4.78 is 0. The van der Waals surface area contributed by atoms with E-state index < -0.39 is 60.8 Å². The van der Waals surface area contributed by atoms with Crippen LogP contribution >= 0.6 is 25.3 Å². The monoisotopic (exact) mass is 540 g/mol. The van der Waals surface area contributed by atoms with Crippen LogP contribution < -0.4 is 32.3 Å². The minimum absolute atomic E-state index is 0.0717. The molecule has 14 heteroatoms. The molecule has 5 amide bonds. The number of phenols is 1. The van der Waals surface area contributed by atoms with Crippen LogP contribution in [0.25, 0.3) is 0 Å². The molecule has 0 unspecified atom stereocenters. The van der Waals surface area contributed by atoms with Crippen molar-refractivity contribution in [3.63, 3.8) is 0 Å².